The normalized spacial score (nSPS) is 17.3. The van der Waals surface area contributed by atoms with Gasteiger partial charge < -0.3 is 25.4 Å². The van der Waals surface area contributed by atoms with Crippen molar-refractivity contribution in [2.75, 3.05) is 33.4 Å². The van der Waals surface area contributed by atoms with E-state index >= 15 is 0 Å². The standard InChI is InChI=1S/C24H38N4O3/c1-25-24(26-15-5-17-30-21-6-3-2-4-7-21)27-16-14-19-8-12-22(13-9-19)31-18-23(29)28-20-10-11-20/h8-9,12-13,20-21H,2-7,10-11,14-18H2,1H3,(H,28,29)(H2,25,26,27). The molecule has 1 aromatic carbocycles. The quantitative estimate of drug-likeness (QED) is 0.270. The Balaban J connectivity index is 1.23. The first-order chi connectivity index (χ1) is 15.2. The van der Waals surface area contributed by atoms with Crippen LogP contribution < -0.4 is 20.7 Å². The summed E-state index contributed by atoms with van der Waals surface area (Å²) in [7, 11) is 1.79. The lowest BCUT2D eigenvalue weighted by atomic mass is 9.98. The lowest BCUT2D eigenvalue weighted by molar-refractivity contribution is -0.123. The predicted molar refractivity (Wildman–Crippen MR) is 124 cm³/mol. The minimum atomic E-state index is -0.0461. The van der Waals surface area contributed by atoms with E-state index in [0.29, 0.717) is 12.1 Å². The molecule has 2 fully saturated rings. The monoisotopic (exact) mass is 430 g/mol. The van der Waals surface area contributed by atoms with E-state index < -0.39 is 0 Å². The van der Waals surface area contributed by atoms with Crippen LogP contribution in [-0.2, 0) is 16.0 Å². The van der Waals surface area contributed by atoms with Crippen molar-refractivity contribution < 1.29 is 14.3 Å². The Morgan fingerprint density at radius 2 is 1.77 bits per heavy atom. The van der Waals surface area contributed by atoms with Crippen LogP contribution in [0.5, 0.6) is 5.75 Å². The van der Waals surface area contributed by atoms with Gasteiger partial charge in [-0.05, 0) is 56.2 Å². The van der Waals surface area contributed by atoms with Crippen molar-refractivity contribution in [3.63, 3.8) is 0 Å². The van der Waals surface area contributed by atoms with Gasteiger partial charge in [0.1, 0.15) is 5.75 Å². The van der Waals surface area contributed by atoms with Crippen LogP contribution in [0.15, 0.2) is 29.3 Å². The number of benzene rings is 1. The Kier molecular flexibility index (Phi) is 9.96. The van der Waals surface area contributed by atoms with Gasteiger partial charge in [0.05, 0.1) is 6.10 Å². The summed E-state index contributed by atoms with van der Waals surface area (Å²) >= 11 is 0. The van der Waals surface area contributed by atoms with E-state index in [9.17, 15) is 4.79 Å². The molecule has 3 rings (SSSR count). The number of aliphatic imine (C=N–C) groups is 1. The van der Waals surface area contributed by atoms with Crippen LogP contribution in [0.4, 0.5) is 0 Å². The average molecular weight is 431 g/mol. The Morgan fingerprint density at radius 1 is 1.03 bits per heavy atom. The Labute approximate surface area is 186 Å². The summed E-state index contributed by atoms with van der Waals surface area (Å²) in [6.45, 7) is 2.53. The summed E-state index contributed by atoms with van der Waals surface area (Å²) in [5.74, 6) is 1.49. The van der Waals surface area contributed by atoms with Crippen molar-refractivity contribution in [1.29, 1.82) is 0 Å². The summed E-state index contributed by atoms with van der Waals surface area (Å²) in [6.07, 6.45) is 10.9. The SMILES string of the molecule is CN=C(NCCCOC1CCCCC1)NCCc1ccc(OCC(=O)NC2CC2)cc1. The Bertz CT molecular complexity index is 683. The van der Waals surface area contributed by atoms with E-state index in [-0.39, 0.29) is 12.5 Å². The maximum atomic E-state index is 11.7. The van der Waals surface area contributed by atoms with E-state index in [4.69, 9.17) is 9.47 Å². The molecule has 31 heavy (non-hydrogen) atoms. The van der Waals surface area contributed by atoms with Crippen LogP contribution >= 0.6 is 0 Å². The molecule has 0 heterocycles. The number of hydrogen-bond acceptors (Lipinski definition) is 4. The van der Waals surface area contributed by atoms with Crippen LogP contribution in [-0.4, -0.2) is 57.4 Å². The molecule has 0 aliphatic heterocycles. The van der Waals surface area contributed by atoms with Crippen LogP contribution in [0.3, 0.4) is 0 Å². The molecule has 0 radical (unpaired) electrons. The molecule has 2 saturated carbocycles. The van der Waals surface area contributed by atoms with Gasteiger partial charge in [-0.3, -0.25) is 9.79 Å². The zero-order valence-electron chi connectivity index (χ0n) is 18.8. The van der Waals surface area contributed by atoms with Crippen molar-refractivity contribution in [1.82, 2.24) is 16.0 Å². The number of guanidine groups is 1. The van der Waals surface area contributed by atoms with E-state index in [1.54, 1.807) is 7.05 Å². The molecule has 7 heteroatoms. The van der Waals surface area contributed by atoms with Gasteiger partial charge in [-0.2, -0.15) is 0 Å². The molecule has 2 aliphatic rings. The van der Waals surface area contributed by atoms with Crippen LogP contribution in [0.25, 0.3) is 0 Å². The molecule has 0 atom stereocenters. The highest BCUT2D eigenvalue weighted by atomic mass is 16.5. The van der Waals surface area contributed by atoms with Gasteiger partial charge in [-0.15, -0.1) is 0 Å². The van der Waals surface area contributed by atoms with Gasteiger partial charge in [0.25, 0.3) is 5.91 Å². The molecule has 1 amide bonds. The Hall–Kier alpha value is -2.28. The molecular formula is C24H38N4O3. The number of carbonyl (C=O) groups excluding carboxylic acids is 1. The Morgan fingerprint density at radius 3 is 2.48 bits per heavy atom. The summed E-state index contributed by atoms with van der Waals surface area (Å²) in [4.78, 5) is 16.0. The van der Waals surface area contributed by atoms with E-state index in [1.807, 2.05) is 24.3 Å². The van der Waals surface area contributed by atoms with Crippen molar-refractivity contribution in [3.05, 3.63) is 29.8 Å². The first kappa shape index (κ1) is 23.4. The molecule has 3 N–H and O–H groups in total. The van der Waals surface area contributed by atoms with Gasteiger partial charge >= 0.3 is 0 Å². The number of nitrogens with zero attached hydrogens (tertiary/aromatic N) is 1. The van der Waals surface area contributed by atoms with Gasteiger partial charge in [-0.1, -0.05) is 31.4 Å². The van der Waals surface area contributed by atoms with Gasteiger partial charge in [0, 0.05) is 32.8 Å². The van der Waals surface area contributed by atoms with Crippen LogP contribution in [0.1, 0.15) is 56.9 Å². The molecular weight excluding hydrogens is 392 g/mol. The van der Waals surface area contributed by atoms with Crippen molar-refractivity contribution in [2.45, 2.75) is 69.9 Å². The number of rotatable bonds is 12. The molecule has 1 aromatic rings. The van der Waals surface area contributed by atoms with E-state index in [2.05, 4.69) is 20.9 Å². The van der Waals surface area contributed by atoms with Crippen LogP contribution in [0, 0.1) is 0 Å². The summed E-state index contributed by atoms with van der Waals surface area (Å²) in [5.41, 5.74) is 1.21. The minimum Gasteiger partial charge on any atom is -0.484 e. The van der Waals surface area contributed by atoms with E-state index in [0.717, 1.165) is 57.1 Å². The third kappa shape index (κ3) is 9.59. The van der Waals surface area contributed by atoms with Crippen molar-refractivity contribution in [2.24, 2.45) is 4.99 Å². The van der Waals surface area contributed by atoms with Gasteiger partial charge in [0.15, 0.2) is 12.6 Å². The number of carbonyl (C=O) groups is 1. The highest BCUT2D eigenvalue weighted by molar-refractivity contribution is 5.79. The molecule has 0 saturated heterocycles. The van der Waals surface area contributed by atoms with Crippen molar-refractivity contribution >= 4 is 11.9 Å². The first-order valence-electron chi connectivity index (χ1n) is 11.8. The molecule has 0 bridgehead atoms. The smallest absolute Gasteiger partial charge is 0.258 e. The number of amides is 1. The molecule has 2 aliphatic carbocycles. The number of hydrogen-bond donors (Lipinski definition) is 3. The molecule has 172 valence electrons. The second kappa shape index (κ2) is 13.2. The van der Waals surface area contributed by atoms with Gasteiger partial charge in [-0.25, -0.2) is 0 Å². The summed E-state index contributed by atoms with van der Waals surface area (Å²) in [5, 5.41) is 9.62. The maximum absolute atomic E-state index is 11.7. The van der Waals surface area contributed by atoms with Crippen molar-refractivity contribution in [3.8, 4) is 5.75 Å². The maximum Gasteiger partial charge on any atom is 0.258 e. The lowest BCUT2D eigenvalue weighted by Crippen LogP contribution is -2.39. The molecule has 0 unspecified atom stereocenters. The minimum absolute atomic E-state index is 0.0461. The fourth-order valence-electron chi connectivity index (χ4n) is 3.70. The lowest BCUT2D eigenvalue weighted by Gasteiger charge is -2.22. The highest BCUT2D eigenvalue weighted by Crippen LogP contribution is 2.20. The molecule has 0 spiro atoms. The fourth-order valence-corrected chi connectivity index (χ4v) is 3.70. The topological polar surface area (TPSA) is 84.0 Å². The summed E-state index contributed by atoms with van der Waals surface area (Å²) < 4.78 is 11.5. The van der Waals surface area contributed by atoms with Gasteiger partial charge in [0.2, 0.25) is 0 Å². The zero-order chi connectivity index (χ0) is 21.7. The summed E-state index contributed by atoms with van der Waals surface area (Å²) in [6, 6.07) is 8.27. The van der Waals surface area contributed by atoms with Crippen LogP contribution in [0.2, 0.25) is 0 Å². The third-order valence-corrected chi connectivity index (χ3v) is 5.68. The zero-order valence-corrected chi connectivity index (χ0v) is 18.8. The second-order valence-corrected chi connectivity index (χ2v) is 8.43. The largest absolute Gasteiger partial charge is 0.484 e. The fraction of sp³-hybridized carbons (Fsp3) is 0.667. The second-order valence-electron chi connectivity index (χ2n) is 8.43. The number of ether oxygens (including phenoxy) is 2. The highest BCUT2D eigenvalue weighted by Gasteiger charge is 2.23. The van der Waals surface area contributed by atoms with E-state index in [1.165, 1.54) is 37.7 Å². The molecule has 0 aromatic heterocycles. The molecule has 7 nitrogen and oxygen atoms in total. The number of nitrogens with one attached hydrogen (secondary N) is 3. The predicted octanol–water partition coefficient (Wildman–Crippen LogP) is 2.79. The average Bonchev–Trinajstić information content (AvgIpc) is 3.61. The first-order valence-corrected chi connectivity index (χ1v) is 11.8. The third-order valence-electron chi connectivity index (χ3n) is 5.68.